The van der Waals surface area contributed by atoms with E-state index in [9.17, 15) is 13.2 Å². The number of nitrogens with one attached hydrogen (secondary N) is 1. The lowest BCUT2D eigenvalue weighted by Gasteiger charge is -2.21. The minimum Gasteiger partial charge on any atom is -0.322 e. The molecule has 0 atom stereocenters. The Hall–Kier alpha value is -2.78. The van der Waals surface area contributed by atoms with Crippen LogP contribution in [0.4, 0.5) is 5.69 Å². The number of nitrogens with zero attached hydrogens (tertiary/aromatic N) is 4. The molecule has 1 N–H and O–H groups in total. The summed E-state index contributed by atoms with van der Waals surface area (Å²) in [6.07, 6.45) is 0. The second-order valence-corrected chi connectivity index (χ2v) is 8.70. The van der Waals surface area contributed by atoms with Gasteiger partial charge in [0.05, 0.1) is 10.4 Å². The third-order valence-corrected chi connectivity index (χ3v) is 6.64. The van der Waals surface area contributed by atoms with Crippen molar-refractivity contribution >= 4 is 32.7 Å². The third-order valence-electron chi connectivity index (χ3n) is 4.59. The van der Waals surface area contributed by atoms with Crippen LogP contribution in [0.15, 0.2) is 47.4 Å². The van der Waals surface area contributed by atoms with Gasteiger partial charge in [0.25, 0.3) is 5.91 Å². The van der Waals surface area contributed by atoms with Crippen molar-refractivity contribution in [2.75, 3.05) is 12.4 Å². The first-order chi connectivity index (χ1) is 13.2. The molecule has 8 nitrogen and oxygen atoms in total. The Labute approximate surface area is 164 Å². The zero-order valence-electron chi connectivity index (χ0n) is 16.2. The van der Waals surface area contributed by atoms with Crippen molar-refractivity contribution in [3.8, 4) is 0 Å². The lowest BCUT2D eigenvalue weighted by Crippen LogP contribution is -2.33. The molecule has 1 amide bonds. The van der Waals surface area contributed by atoms with Gasteiger partial charge in [-0.05, 0) is 63.2 Å². The number of benzene rings is 2. The van der Waals surface area contributed by atoms with Crippen molar-refractivity contribution in [2.45, 2.75) is 38.3 Å². The monoisotopic (exact) mass is 401 g/mol. The topological polar surface area (TPSA) is 97.2 Å². The van der Waals surface area contributed by atoms with Crippen LogP contribution in [0.2, 0.25) is 0 Å². The highest BCUT2D eigenvalue weighted by Crippen LogP contribution is 2.20. The SMILES string of the molecule is CCn1nnc2cc(C(=O)Nc3ccc(S(=O)(=O)N(C)C(C)C)cc3)ccc21. The summed E-state index contributed by atoms with van der Waals surface area (Å²) in [5.41, 5.74) is 2.47. The molecule has 9 heteroatoms. The van der Waals surface area contributed by atoms with Crippen LogP contribution in [-0.2, 0) is 16.6 Å². The smallest absolute Gasteiger partial charge is 0.255 e. The van der Waals surface area contributed by atoms with Crippen LogP contribution in [0.1, 0.15) is 31.1 Å². The maximum atomic E-state index is 12.5. The molecule has 0 saturated carbocycles. The van der Waals surface area contributed by atoms with Gasteiger partial charge in [-0.2, -0.15) is 4.31 Å². The standard InChI is InChI=1S/C19H23N5O3S/c1-5-24-18-11-6-14(12-17(18)21-22-24)19(25)20-15-7-9-16(10-8-15)28(26,27)23(4)13(2)3/h6-13H,5H2,1-4H3,(H,20,25). The molecule has 0 radical (unpaired) electrons. The Balaban J connectivity index is 1.78. The lowest BCUT2D eigenvalue weighted by atomic mass is 10.2. The van der Waals surface area contributed by atoms with E-state index in [1.807, 2.05) is 26.8 Å². The van der Waals surface area contributed by atoms with Crippen LogP contribution in [0.25, 0.3) is 11.0 Å². The Morgan fingerprint density at radius 2 is 1.86 bits per heavy atom. The number of rotatable bonds is 6. The summed E-state index contributed by atoms with van der Waals surface area (Å²) in [6, 6.07) is 11.2. The molecular formula is C19H23N5O3S. The molecule has 0 aliphatic rings. The van der Waals surface area contributed by atoms with Gasteiger partial charge >= 0.3 is 0 Å². The first-order valence-electron chi connectivity index (χ1n) is 8.96. The van der Waals surface area contributed by atoms with Gasteiger partial charge in [0.2, 0.25) is 10.0 Å². The molecule has 0 spiro atoms. The van der Waals surface area contributed by atoms with Crippen LogP contribution < -0.4 is 5.32 Å². The van der Waals surface area contributed by atoms with E-state index in [-0.39, 0.29) is 16.8 Å². The van der Waals surface area contributed by atoms with Gasteiger partial charge in [-0.1, -0.05) is 5.21 Å². The van der Waals surface area contributed by atoms with E-state index in [2.05, 4.69) is 15.6 Å². The predicted octanol–water partition coefficient (Wildman–Crippen LogP) is 2.73. The zero-order chi connectivity index (χ0) is 20.5. The summed E-state index contributed by atoms with van der Waals surface area (Å²) >= 11 is 0. The molecular weight excluding hydrogens is 378 g/mol. The number of aryl methyl sites for hydroxylation is 1. The molecule has 0 bridgehead atoms. The average molecular weight is 401 g/mol. The second kappa shape index (κ2) is 7.69. The highest BCUT2D eigenvalue weighted by Gasteiger charge is 2.22. The number of hydrogen-bond donors (Lipinski definition) is 1. The molecule has 3 rings (SSSR count). The Bertz CT molecular complexity index is 1100. The minimum atomic E-state index is -3.56. The number of fused-ring (bicyclic) bond motifs is 1. The molecule has 1 aromatic heterocycles. The summed E-state index contributed by atoms with van der Waals surface area (Å²) in [5, 5.41) is 10.9. The highest BCUT2D eigenvalue weighted by molar-refractivity contribution is 7.89. The fourth-order valence-electron chi connectivity index (χ4n) is 2.70. The average Bonchev–Trinajstić information content (AvgIpc) is 3.10. The quantitative estimate of drug-likeness (QED) is 0.685. The lowest BCUT2D eigenvalue weighted by molar-refractivity contribution is 0.102. The summed E-state index contributed by atoms with van der Waals surface area (Å²) in [5.74, 6) is -0.303. The van der Waals surface area contributed by atoms with Gasteiger partial charge in [-0.15, -0.1) is 5.10 Å². The van der Waals surface area contributed by atoms with Gasteiger partial charge in [0.1, 0.15) is 5.52 Å². The van der Waals surface area contributed by atoms with Crippen LogP contribution in [0.3, 0.4) is 0 Å². The summed E-state index contributed by atoms with van der Waals surface area (Å²) < 4.78 is 28.1. The summed E-state index contributed by atoms with van der Waals surface area (Å²) in [4.78, 5) is 12.7. The van der Waals surface area contributed by atoms with Gasteiger partial charge in [0, 0.05) is 30.9 Å². The molecule has 0 fully saturated rings. The number of aromatic nitrogens is 3. The van der Waals surface area contributed by atoms with E-state index < -0.39 is 10.0 Å². The van der Waals surface area contributed by atoms with Gasteiger partial charge in [0.15, 0.2) is 0 Å². The fraction of sp³-hybridized carbons (Fsp3) is 0.316. The Morgan fingerprint density at radius 1 is 1.18 bits per heavy atom. The van der Waals surface area contributed by atoms with Crippen LogP contribution in [0, 0.1) is 0 Å². The molecule has 0 aliphatic carbocycles. The van der Waals surface area contributed by atoms with Crippen LogP contribution >= 0.6 is 0 Å². The third kappa shape index (κ3) is 3.76. The molecule has 1 heterocycles. The maximum Gasteiger partial charge on any atom is 0.255 e. The van der Waals surface area contributed by atoms with Gasteiger partial charge < -0.3 is 5.32 Å². The number of anilines is 1. The Morgan fingerprint density at radius 3 is 2.46 bits per heavy atom. The molecule has 0 aliphatic heterocycles. The van der Waals surface area contributed by atoms with E-state index >= 15 is 0 Å². The molecule has 148 valence electrons. The zero-order valence-corrected chi connectivity index (χ0v) is 17.1. The van der Waals surface area contributed by atoms with Crippen molar-refractivity contribution in [3.63, 3.8) is 0 Å². The van der Waals surface area contributed by atoms with Crippen molar-refractivity contribution in [2.24, 2.45) is 0 Å². The molecule has 0 unspecified atom stereocenters. The number of carbonyl (C=O) groups is 1. The van der Waals surface area contributed by atoms with E-state index in [1.165, 1.54) is 16.4 Å². The Kier molecular flexibility index (Phi) is 5.48. The number of hydrogen-bond acceptors (Lipinski definition) is 5. The molecule has 0 saturated heterocycles. The minimum absolute atomic E-state index is 0.148. The normalized spacial score (nSPS) is 12.1. The van der Waals surface area contributed by atoms with E-state index in [0.29, 0.717) is 23.3 Å². The van der Waals surface area contributed by atoms with Crippen molar-refractivity contribution in [3.05, 3.63) is 48.0 Å². The molecule has 2 aromatic carbocycles. The van der Waals surface area contributed by atoms with Crippen LogP contribution in [-0.4, -0.2) is 46.7 Å². The first kappa shape index (κ1) is 20.0. The van der Waals surface area contributed by atoms with E-state index in [4.69, 9.17) is 0 Å². The van der Waals surface area contributed by atoms with Crippen LogP contribution in [0.5, 0.6) is 0 Å². The first-order valence-corrected chi connectivity index (χ1v) is 10.4. The van der Waals surface area contributed by atoms with E-state index in [0.717, 1.165) is 5.52 Å². The van der Waals surface area contributed by atoms with Crippen molar-refractivity contribution in [1.29, 1.82) is 0 Å². The summed E-state index contributed by atoms with van der Waals surface area (Å²) in [7, 11) is -2.01. The van der Waals surface area contributed by atoms with Crippen molar-refractivity contribution in [1.82, 2.24) is 19.3 Å². The maximum absolute atomic E-state index is 12.5. The van der Waals surface area contributed by atoms with Gasteiger partial charge in [-0.3, -0.25) is 4.79 Å². The second-order valence-electron chi connectivity index (χ2n) is 6.70. The fourth-order valence-corrected chi connectivity index (χ4v) is 4.07. The van der Waals surface area contributed by atoms with Crippen molar-refractivity contribution < 1.29 is 13.2 Å². The number of amides is 1. The van der Waals surface area contributed by atoms with E-state index in [1.54, 1.807) is 36.0 Å². The molecule has 28 heavy (non-hydrogen) atoms. The number of carbonyl (C=O) groups excluding carboxylic acids is 1. The predicted molar refractivity (Wildman–Crippen MR) is 108 cm³/mol. The van der Waals surface area contributed by atoms with Gasteiger partial charge in [-0.25, -0.2) is 13.1 Å². The summed E-state index contributed by atoms with van der Waals surface area (Å²) in [6.45, 7) is 6.28. The molecule has 3 aromatic rings. The number of sulfonamides is 1. The highest BCUT2D eigenvalue weighted by atomic mass is 32.2. The largest absolute Gasteiger partial charge is 0.322 e.